The van der Waals surface area contributed by atoms with Crippen LogP contribution in [0.4, 0.5) is 10.5 Å². The van der Waals surface area contributed by atoms with Gasteiger partial charge in [-0.05, 0) is 24.3 Å². The Balaban J connectivity index is 1.37. The van der Waals surface area contributed by atoms with Crippen LogP contribution in [0.25, 0.3) is 0 Å². The number of hydrogen-bond acceptors (Lipinski definition) is 4. The second-order valence-electron chi connectivity index (χ2n) is 6.27. The van der Waals surface area contributed by atoms with Crippen molar-refractivity contribution in [2.45, 2.75) is 12.5 Å². The molecule has 2 N–H and O–H groups in total. The number of carbonyl (C=O) groups is 2. The molecule has 2 aromatic carbocycles. The molecular formula is C20H23N3O4. The summed E-state index contributed by atoms with van der Waals surface area (Å²) in [5.74, 6) is 1.34. The SMILES string of the molecule is CN(C[C@H]1COc2ccccc2O1)C(=O)CCNC(=O)Nc1ccccc1. The molecule has 0 aliphatic carbocycles. The normalized spacial score (nSPS) is 14.9. The van der Waals surface area contributed by atoms with Crippen LogP contribution >= 0.6 is 0 Å². The summed E-state index contributed by atoms with van der Waals surface area (Å²) in [5, 5.41) is 5.39. The van der Waals surface area contributed by atoms with Crippen LogP contribution in [0.15, 0.2) is 54.6 Å². The van der Waals surface area contributed by atoms with Crippen LogP contribution in [0.3, 0.4) is 0 Å². The summed E-state index contributed by atoms with van der Waals surface area (Å²) in [5.41, 5.74) is 0.702. The molecule has 27 heavy (non-hydrogen) atoms. The summed E-state index contributed by atoms with van der Waals surface area (Å²) in [6.07, 6.45) is -0.00809. The third kappa shape index (κ3) is 5.37. The Bertz CT molecular complexity index is 782. The van der Waals surface area contributed by atoms with Crippen molar-refractivity contribution in [3.63, 3.8) is 0 Å². The molecular weight excluding hydrogens is 346 g/mol. The minimum absolute atomic E-state index is 0.0718. The first-order valence-electron chi connectivity index (χ1n) is 8.84. The third-order valence-electron chi connectivity index (χ3n) is 4.13. The first kappa shape index (κ1) is 18.6. The molecule has 1 aliphatic heterocycles. The van der Waals surface area contributed by atoms with Gasteiger partial charge in [-0.2, -0.15) is 0 Å². The van der Waals surface area contributed by atoms with E-state index in [-0.39, 0.29) is 31.0 Å². The van der Waals surface area contributed by atoms with E-state index in [1.165, 1.54) is 0 Å². The molecule has 0 unspecified atom stereocenters. The highest BCUT2D eigenvalue weighted by molar-refractivity contribution is 5.89. The second-order valence-corrected chi connectivity index (χ2v) is 6.27. The maximum absolute atomic E-state index is 12.3. The Morgan fingerprint density at radius 1 is 1.07 bits per heavy atom. The molecule has 0 radical (unpaired) electrons. The molecule has 142 valence electrons. The van der Waals surface area contributed by atoms with Gasteiger partial charge in [0.05, 0.1) is 6.54 Å². The van der Waals surface area contributed by atoms with E-state index in [2.05, 4.69) is 10.6 Å². The van der Waals surface area contributed by atoms with Crippen molar-refractivity contribution in [3.8, 4) is 11.5 Å². The van der Waals surface area contributed by atoms with Crippen LogP contribution in [-0.4, -0.2) is 49.7 Å². The lowest BCUT2D eigenvalue weighted by molar-refractivity contribution is -0.131. The van der Waals surface area contributed by atoms with E-state index >= 15 is 0 Å². The number of urea groups is 1. The molecule has 3 amide bonds. The van der Waals surface area contributed by atoms with Crippen molar-refractivity contribution in [2.75, 3.05) is 32.1 Å². The molecule has 1 atom stereocenters. The van der Waals surface area contributed by atoms with Gasteiger partial charge < -0.3 is 25.0 Å². The Labute approximate surface area is 158 Å². The number of para-hydroxylation sites is 3. The van der Waals surface area contributed by atoms with Crippen molar-refractivity contribution in [1.82, 2.24) is 10.2 Å². The van der Waals surface area contributed by atoms with Gasteiger partial charge in [0.1, 0.15) is 6.61 Å². The molecule has 7 heteroatoms. The van der Waals surface area contributed by atoms with Crippen LogP contribution in [0.1, 0.15) is 6.42 Å². The Morgan fingerprint density at radius 2 is 1.78 bits per heavy atom. The number of rotatable bonds is 6. The van der Waals surface area contributed by atoms with E-state index in [0.29, 0.717) is 24.6 Å². The Kier molecular flexibility index (Phi) is 6.14. The molecule has 1 aliphatic rings. The summed E-state index contributed by atoms with van der Waals surface area (Å²) in [4.78, 5) is 25.7. The van der Waals surface area contributed by atoms with Gasteiger partial charge in [0, 0.05) is 25.7 Å². The smallest absolute Gasteiger partial charge is 0.319 e. The summed E-state index contributed by atoms with van der Waals surface area (Å²) in [6.45, 7) is 1.07. The molecule has 0 saturated carbocycles. The molecule has 3 rings (SSSR count). The number of anilines is 1. The highest BCUT2D eigenvalue weighted by atomic mass is 16.6. The topological polar surface area (TPSA) is 79.9 Å². The van der Waals surface area contributed by atoms with E-state index in [1.807, 2.05) is 42.5 Å². The number of nitrogens with zero attached hydrogens (tertiary/aromatic N) is 1. The molecule has 0 saturated heterocycles. The third-order valence-corrected chi connectivity index (χ3v) is 4.13. The minimum Gasteiger partial charge on any atom is -0.486 e. The van der Waals surface area contributed by atoms with Crippen LogP contribution in [0.2, 0.25) is 0 Å². The van der Waals surface area contributed by atoms with E-state index in [9.17, 15) is 9.59 Å². The minimum atomic E-state index is -0.336. The van der Waals surface area contributed by atoms with Gasteiger partial charge in [-0.15, -0.1) is 0 Å². The zero-order valence-electron chi connectivity index (χ0n) is 15.2. The number of fused-ring (bicyclic) bond motifs is 1. The van der Waals surface area contributed by atoms with Gasteiger partial charge in [-0.3, -0.25) is 4.79 Å². The van der Waals surface area contributed by atoms with Crippen LogP contribution < -0.4 is 20.1 Å². The lowest BCUT2D eigenvalue weighted by atomic mass is 10.2. The number of carbonyl (C=O) groups excluding carboxylic acids is 2. The highest BCUT2D eigenvalue weighted by Crippen LogP contribution is 2.30. The van der Waals surface area contributed by atoms with E-state index in [0.717, 1.165) is 5.75 Å². The first-order chi connectivity index (χ1) is 13.1. The largest absolute Gasteiger partial charge is 0.486 e. The average Bonchev–Trinajstić information content (AvgIpc) is 2.68. The molecule has 0 fully saturated rings. The van der Waals surface area contributed by atoms with Crippen molar-refractivity contribution in [1.29, 1.82) is 0 Å². The average molecular weight is 369 g/mol. The monoisotopic (exact) mass is 369 g/mol. The van der Waals surface area contributed by atoms with Crippen molar-refractivity contribution < 1.29 is 19.1 Å². The van der Waals surface area contributed by atoms with Crippen molar-refractivity contribution >= 4 is 17.6 Å². The number of nitrogens with one attached hydrogen (secondary N) is 2. The summed E-state index contributed by atoms with van der Waals surface area (Å²) < 4.78 is 11.5. The fraction of sp³-hybridized carbons (Fsp3) is 0.300. The van der Waals surface area contributed by atoms with Crippen LogP contribution in [0.5, 0.6) is 11.5 Å². The van der Waals surface area contributed by atoms with E-state index in [4.69, 9.17) is 9.47 Å². The predicted molar refractivity (Wildman–Crippen MR) is 102 cm³/mol. The van der Waals surface area contributed by atoms with E-state index < -0.39 is 0 Å². The standard InChI is InChI=1S/C20H23N3O4/c1-23(13-16-14-26-17-9-5-6-10-18(17)27-16)19(24)11-12-21-20(25)22-15-7-3-2-4-8-15/h2-10,16H,11-14H2,1H3,(H2,21,22,25)/t16-/m0/s1. The highest BCUT2D eigenvalue weighted by Gasteiger charge is 2.23. The number of amides is 3. The summed E-state index contributed by atoms with van der Waals surface area (Å²) in [6, 6.07) is 16.3. The molecule has 0 aromatic heterocycles. The van der Waals surface area contributed by atoms with Gasteiger partial charge in [0.2, 0.25) is 5.91 Å². The quantitative estimate of drug-likeness (QED) is 0.820. The van der Waals surface area contributed by atoms with Gasteiger partial charge in [-0.25, -0.2) is 4.79 Å². The first-order valence-corrected chi connectivity index (χ1v) is 8.84. The number of ether oxygens (including phenoxy) is 2. The van der Waals surface area contributed by atoms with Crippen molar-refractivity contribution in [2.24, 2.45) is 0 Å². The van der Waals surface area contributed by atoms with Crippen LogP contribution in [-0.2, 0) is 4.79 Å². The zero-order chi connectivity index (χ0) is 19.1. The Hall–Kier alpha value is -3.22. The lowest BCUT2D eigenvalue weighted by Gasteiger charge is -2.29. The number of hydrogen-bond donors (Lipinski definition) is 2. The van der Waals surface area contributed by atoms with Gasteiger partial charge in [0.25, 0.3) is 0 Å². The van der Waals surface area contributed by atoms with Crippen LogP contribution in [0, 0.1) is 0 Å². The fourth-order valence-electron chi connectivity index (χ4n) is 2.73. The predicted octanol–water partition coefficient (Wildman–Crippen LogP) is 2.50. The molecule has 0 spiro atoms. The lowest BCUT2D eigenvalue weighted by Crippen LogP contribution is -2.42. The maximum Gasteiger partial charge on any atom is 0.319 e. The Morgan fingerprint density at radius 3 is 2.56 bits per heavy atom. The van der Waals surface area contributed by atoms with Gasteiger partial charge in [-0.1, -0.05) is 30.3 Å². The van der Waals surface area contributed by atoms with E-state index in [1.54, 1.807) is 24.1 Å². The fourth-order valence-corrected chi connectivity index (χ4v) is 2.73. The van der Waals surface area contributed by atoms with Gasteiger partial charge >= 0.3 is 6.03 Å². The summed E-state index contributed by atoms with van der Waals surface area (Å²) in [7, 11) is 1.72. The van der Waals surface area contributed by atoms with Gasteiger partial charge in [0.15, 0.2) is 17.6 Å². The zero-order valence-corrected chi connectivity index (χ0v) is 15.2. The second kappa shape index (κ2) is 8.93. The molecule has 0 bridgehead atoms. The molecule has 7 nitrogen and oxygen atoms in total. The number of benzene rings is 2. The molecule has 2 aromatic rings. The molecule has 1 heterocycles. The van der Waals surface area contributed by atoms with Crippen molar-refractivity contribution in [3.05, 3.63) is 54.6 Å². The summed E-state index contributed by atoms with van der Waals surface area (Å²) >= 11 is 0. The number of likely N-dealkylation sites (N-methyl/N-ethyl adjacent to an activating group) is 1. The maximum atomic E-state index is 12.3.